The lowest BCUT2D eigenvalue weighted by atomic mass is 10.0. The monoisotopic (exact) mass is 294 g/mol. The number of carbonyl (C=O) groups is 2. The number of nitrogens with zero attached hydrogens (tertiary/aromatic N) is 3. The molecular formula is C12H14N4O3S. The van der Waals surface area contributed by atoms with Crippen LogP contribution in [0.4, 0.5) is 0 Å². The second kappa shape index (κ2) is 6.29. The van der Waals surface area contributed by atoms with E-state index < -0.39 is 5.97 Å². The Bertz CT molecular complexity index is 594. The number of rotatable bonds is 6. The molecule has 2 aromatic heterocycles. The molecular weight excluding hydrogens is 280 g/mol. The second-order valence-electron chi connectivity index (χ2n) is 4.30. The quantitative estimate of drug-likeness (QED) is 0.823. The van der Waals surface area contributed by atoms with Crippen LogP contribution in [-0.4, -0.2) is 32.0 Å². The van der Waals surface area contributed by atoms with Gasteiger partial charge in [-0.15, -0.1) is 5.10 Å². The van der Waals surface area contributed by atoms with E-state index in [0.717, 1.165) is 5.56 Å². The fourth-order valence-electron chi connectivity index (χ4n) is 1.64. The molecule has 0 saturated heterocycles. The number of hydrogen-bond acceptors (Lipinski definition) is 5. The van der Waals surface area contributed by atoms with Crippen molar-refractivity contribution in [3.63, 3.8) is 0 Å². The average molecular weight is 294 g/mol. The van der Waals surface area contributed by atoms with Crippen LogP contribution < -0.4 is 5.32 Å². The number of hydrogen-bond donors (Lipinski definition) is 2. The Morgan fingerprint density at radius 2 is 2.35 bits per heavy atom. The van der Waals surface area contributed by atoms with Gasteiger partial charge < -0.3 is 10.4 Å². The van der Waals surface area contributed by atoms with E-state index in [-0.39, 0.29) is 24.9 Å². The zero-order chi connectivity index (χ0) is 14.5. The maximum atomic E-state index is 11.9. The van der Waals surface area contributed by atoms with E-state index in [9.17, 15) is 9.59 Å². The summed E-state index contributed by atoms with van der Waals surface area (Å²) in [6, 6.07) is 1.91. The average Bonchev–Trinajstić information content (AvgIpc) is 3.05. The SMILES string of the molecule is CC(C(=O)NCc1cn(CC(=O)O)nn1)c1ccsc1. The van der Waals surface area contributed by atoms with Gasteiger partial charge >= 0.3 is 5.97 Å². The normalized spacial score (nSPS) is 12.1. The summed E-state index contributed by atoms with van der Waals surface area (Å²) in [4.78, 5) is 22.5. The number of carboxylic acid groups (broad SMARTS) is 1. The van der Waals surface area contributed by atoms with Crippen LogP contribution in [0.5, 0.6) is 0 Å². The minimum absolute atomic E-state index is 0.101. The third-order valence-corrected chi connectivity index (χ3v) is 3.47. The van der Waals surface area contributed by atoms with Crippen molar-refractivity contribution < 1.29 is 14.7 Å². The van der Waals surface area contributed by atoms with Crippen LogP contribution >= 0.6 is 11.3 Å². The van der Waals surface area contributed by atoms with E-state index in [1.54, 1.807) is 11.3 Å². The van der Waals surface area contributed by atoms with Gasteiger partial charge in [0.15, 0.2) is 0 Å². The molecule has 8 heteroatoms. The Balaban J connectivity index is 1.87. The Morgan fingerprint density at radius 3 is 3.00 bits per heavy atom. The minimum Gasteiger partial charge on any atom is -0.480 e. The fourth-order valence-corrected chi connectivity index (χ4v) is 2.39. The first-order chi connectivity index (χ1) is 9.56. The van der Waals surface area contributed by atoms with E-state index in [2.05, 4.69) is 15.6 Å². The predicted octanol–water partition coefficient (Wildman–Crippen LogP) is 0.844. The van der Waals surface area contributed by atoms with Gasteiger partial charge in [0.2, 0.25) is 5.91 Å². The Kier molecular flexibility index (Phi) is 4.46. The molecule has 0 aromatic carbocycles. The molecule has 0 radical (unpaired) electrons. The van der Waals surface area contributed by atoms with E-state index in [4.69, 9.17) is 5.11 Å². The van der Waals surface area contributed by atoms with Gasteiger partial charge in [-0.3, -0.25) is 9.59 Å². The van der Waals surface area contributed by atoms with Crippen molar-refractivity contribution in [3.05, 3.63) is 34.3 Å². The number of nitrogens with one attached hydrogen (secondary N) is 1. The smallest absolute Gasteiger partial charge is 0.325 e. The van der Waals surface area contributed by atoms with Crippen molar-refractivity contribution in [3.8, 4) is 0 Å². The standard InChI is InChI=1S/C12H14N4O3S/c1-8(9-2-3-20-7-9)12(19)13-4-10-5-16(15-14-10)6-11(17)18/h2-3,5,7-8H,4,6H2,1H3,(H,13,19)(H,17,18). The molecule has 1 amide bonds. The highest BCUT2D eigenvalue weighted by atomic mass is 32.1. The number of thiophene rings is 1. The van der Waals surface area contributed by atoms with Crippen LogP contribution in [0.1, 0.15) is 24.1 Å². The molecule has 0 aliphatic heterocycles. The van der Waals surface area contributed by atoms with Gasteiger partial charge in [0, 0.05) is 0 Å². The first kappa shape index (κ1) is 14.2. The molecule has 2 N–H and O–H groups in total. The number of aliphatic carboxylic acids is 1. The van der Waals surface area contributed by atoms with Gasteiger partial charge in [0.05, 0.1) is 18.7 Å². The summed E-state index contributed by atoms with van der Waals surface area (Å²) < 4.78 is 1.21. The molecule has 1 unspecified atom stereocenters. The van der Waals surface area contributed by atoms with Gasteiger partial charge in [-0.2, -0.15) is 11.3 Å². The molecule has 0 fully saturated rings. The van der Waals surface area contributed by atoms with Crippen molar-refractivity contribution in [2.24, 2.45) is 0 Å². The van der Waals surface area contributed by atoms with Crippen molar-refractivity contribution >= 4 is 23.2 Å². The van der Waals surface area contributed by atoms with Crippen LogP contribution in [0.15, 0.2) is 23.0 Å². The number of carbonyl (C=O) groups excluding carboxylic acids is 1. The van der Waals surface area contributed by atoms with Gasteiger partial charge in [-0.05, 0) is 29.3 Å². The second-order valence-corrected chi connectivity index (χ2v) is 5.08. The molecule has 7 nitrogen and oxygen atoms in total. The van der Waals surface area contributed by atoms with Gasteiger partial charge in [0.1, 0.15) is 12.2 Å². The molecule has 2 rings (SSSR count). The fraction of sp³-hybridized carbons (Fsp3) is 0.333. The molecule has 0 bridgehead atoms. The summed E-state index contributed by atoms with van der Waals surface area (Å²) >= 11 is 1.55. The molecule has 1 atom stereocenters. The van der Waals surface area contributed by atoms with Crippen LogP contribution in [0.3, 0.4) is 0 Å². The highest BCUT2D eigenvalue weighted by molar-refractivity contribution is 7.08. The van der Waals surface area contributed by atoms with Crippen LogP contribution in [0.2, 0.25) is 0 Å². The van der Waals surface area contributed by atoms with Gasteiger partial charge in [-0.25, -0.2) is 4.68 Å². The van der Waals surface area contributed by atoms with Crippen molar-refractivity contribution in [1.82, 2.24) is 20.3 Å². The molecule has 0 saturated carbocycles. The summed E-state index contributed by atoms with van der Waals surface area (Å²) in [7, 11) is 0. The van der Waals surface area contributed by atoms with Gasteiger partial charge in [0.25, 0.3) is 0 Å². The first-order valence-electron chi connectivity index (χ1n) is 5.97. The number of carboxylic acids is 1. The lowest BCUT2D eigenvalue weighted by Gasteiger charge is -2.09. The number of aromatic nitrogens is 3. The highest BCUT2D eigenvalue weighted by Gasteiger charge is 2.15. The third kappa shape index (κ3) is 3.64. The van der Waals surface area contributed by atoms with Crippen molar-refractivity contribution in [2.45, 2.75) is 25.9 Å². The molecule has 0 aliphatic rings. The zero-order valence-electron chi connectivity index (χ0n) is 10.8. The van der Waals surface area contributed by atoms with E-state index in [1.807, 2.05) is 23.8 Å². The molecule has 20 heavy (non-hydrogen) atoms. The molecule has 2 aromatic rings. The van der Waals surface area contributed by atoms with Crippen molar-refractivity contribution in [1.29, 1.82) is 0 Å². The summed E-state index contributed by atoms with van der Waals surface area (Å²) in [5, 5.41) is 22.7. The Morgan fingerprint density at radius 1 is 1.55 bits per heavy atom. The summed E-state index contributed by atoms with van der Waals surface area (Å²) in [6.07, 6.45) is 1.50. The van der Waals surface area contributed by atoms with E-state index in [0.29, 0.717) is 5.69 Å². The van der Waals surface area contributed by atoms with E-state index in [1.165, 1.54) is 10.9 Å². The van der Waals surface area contributed by atoms with Crippen LogP contribution in [0.25, 0.3) is 0 Å². The minimum atomic E-state index is -0.989. The summed E-state index contributed by atoms with van der Waals surface area (Å²) in [6.45, 7) is 1.82. The maximum Gasteiger partial charge on any atom is 0.325 e. The maximum absolute atomic E-state index is 11.9. The topological polar surface area (TPSA) is 97.1 Å². The molecule has 106 valence electrons. The summed E-state index contributed by atoms with van der Waals surface area (Å²) in [5.41, 5.74) is 1.50. The Labute approximate surface area is 119 Å². The summed E-state index contributed by atoms with van der Waals surface area (Å²) in [5.74, 6) is -1.32. The van der Waals surface area contributed by atoms with Crippen molar-refractivity contribution in [2.75, 3.05) is 0 Å². The lowest BCUT2D eigenvalue weighted by molar-refractivity contribution is -0.138. The first-order valence-corrected chi connectivity index (χ1v) is 6.91. The highest BCUT2D eigenvalue weighted by Crippen LogP contribution is 2.18. The molecule has 0 aliphatic carbocycles. The van der Waals surface area contributed by atoms with Crippen LogP contribution in [-0.2, 0) is 22.7 Å². The molecule has 2 heterocycles. The van der Waals surface area contributed by atoms with E-state index >= 15 is 0 Å². The number of amides is 1. The van der Waals surface area contributed by atoms with Crippen LogP contribution in [0, 0.1) is 0 Å². The third-order valence-electron chi connectivity index (χ3n) is 2.76. The van der Waals surface area contributed by atoms with Gasteiger partial charge in [-0.1, -0.05) is 5.21 Å². The zero-order valence-corrected chi connectivity index (χ0v) is 11.6. The molecule has 0 spiro atoms. The lowest BCUT2D eigenvalue weighted by Crippen LogP contribution is -2.27. The largest absolute Gasteiger partial charge is 0.480 e. The Hall–Kier alpha value is -2.22. The predicted molar refractivity (Wildman–Crippen MR) is 72.2 cm³/mol.